The molecular formula is C22H22N2O5. The van der Waals surface area contributed by atoms with Crippen molar-refractivity contribution in [1.82, 2.24) is 9.88 Å². The Labute approximate surface area is 168 Å². The predicted octanol–water partition coefficient (Wildman–Crippen LogP) is 3.80. The van der Waals surface area contributed by atoms with E-state index >= 15 is 0 Å². The molecule has 2 aromatic heterocycles. The molecule has 1 saturated heterocycles. The molecule has 0 saturated carbocycles. The number of ether oxygens (including phenoxy) is 2. The van der Waals surface area contributed by atoms with Crippen LogP contribution in [0.2, 0.25) is 0 Å². The van der Waals surface area contributed by atoms with Gasteiger partial charge in [-0.05, 0) is 50.2 Å². The van der Waals surface area contributed by atoms with Gasteiger partial charge in [0.2, 0.25) is 5.89 Å². The number of carbonyl (C=O) groups is 1. The maximum atomic E-state index is 12.9. The number of benzene rings is 1. The van der Waals surface area contributed by atoms with E-state index in [9.17, 15) is 4.79 Å². The highest BCUT2D eigenvalue weighted by atomic mass is 16.6. The first kappa shape index (κ1) is 18.0. The van der Waals surface area contributed by atoms with Crippen LogP contribution in [0.25, 0.3) is 11.5 Å². The van der Waals surface area contributed by atoms with Crippen molar-refractivity contribution in [2.75, 3.05) is 26.3 Å². The highest BCUT2D eigenvalue weighted by Crippen LogP contribution is 2.32. The van der Waals surface area contributed by atoms with Crippen molar-refractivity contribution in [2.45, 2.75) is 19.4 Å². The topological polar surface area (TPSA) is 77.9 Å². The van der Waals surface area contributed by atoms with Gasteiger partial charge in [-0.1, -0.05) is 0 Å². The third kappa shape index (κ3) is 3.78. The molecule has 0 bridgehead atoms. The summed E-state index contributed by atoms with van der Waals surface area (Å²) in [5, 5.41) is 0. The van der Waals surface area contributed by atoms with E-state index in [2.05, 4.69) is 9.88 Å². The summed E-state index contributed by atoms with van der Waals surface area (Å²) in [6, 6.07) is 7.31. The van der Waals surface area contributed by atoms with Crippen molar-refractivity contribution in [3.63, 3.8) is 0 Å². The van der Waals surface area contributed by atoms with Crippen LogP contribution < -0.4 is 9.47 Å². The fourth-order valence-electron chi connectivity index (χ4n) is 3.91. The molecule has 7 heteroatoms. The van der Waals surface area contributed by atoms with Gasteiger partial charge in [0.25, 0.3) is 0 Å². The van der Waals surface area contributed by atoms with Crippen molar-refractivity contribution < 1.29 is 23.1 Å². The summed E-state index contributed by atoms with van der Waals surface area (Å²) >= 11 is 0. The Morgan fingerprint density at radius 1 is 1.07 bits per heavy atom. The zero-order chi connectivity index (χ0) is 19.6. The second kappa shape index (κ2) is 7.75. The summed E-state index contributed by atoms with van der Waals surface area (Å²) in [6.07, 6.45) is 6.57. The Bertz CT molecular complexity index is 987. The third-order valence-electron chi connectivity index (χ3n) is 5.49. The van der Waals surface area contributed by atoms with Gasteiger partial charge in [-0.15, -0.1) is 0 Å². The maximum absolute atomic E-state index is 12.9. The van der Waals surface area contributed by atoms with Gasteiger partial charge in [-0.25, -0.2) is 4.98 Å². The van der Waals surface area contributed by atoms with Crippen LogP contribution in [-0.4, -0.2) is 42.0 Å². The van der Waals surface area contributed by atoms with Gasteiger partial charge in [-0.2, -0.15) is 0 Å². The van der Waals surface area contributed by atoms with Crippen LogP contribution in [0.15, 0.2) is 51.9 Å². The van der Waals surface area contributed by atoms with Crippen LogP contribution in [0, 0.1) is 5.92 Å². The lowest BCUT2D eigenvalue weighted by molar-refractivity contribution is 0.0832. The van der Waals surface area contributed by atoms with Gasteiger partial charge in [0.15, 0.2) is 17.3 Å². The van der Waals surface area contributed by atoms with E-state index in [0.29, 0.717) is 42.7 Å². The molecule has 1 aromatic carbocycles. The summed E-state index contributed by atoms with van der Waals surface area (Å²) in [5.74, 6) is 2.17. The number of nitrogens with zero attached hydrogens (tertiary/aromatic N) is 2. The fraction of sp³-hybridized carbons (Fsp3) is 0.364. The number of aromatic nitrogens is 1. The molecule has 0 aliphatic carbocycles. The number of fused-ring (bicyclic) bond motifs is 1. The van der Waals surface area contributed by atoms with E-state index in [-0.39, 0.29) is 11.7 Å². The average molecular weight is 394 g/mol. The Hall–Kier alpha value is -3.06. The van der Waals surface area contributed by atoms with Gasteiger partial charge in [0.1, 0.15) is 25.7 Å². The monoisotopic (exact) mass is 394 g/mol. The fourth-order valence-corrected chi connectivity index (χ4v) is 3.91. The first-order chi connectivity index (χ1) is 14.3. The summed E-state index contributed by atoms with van der Waals surface area (Å²) in [7, 11) is 0. The standard InChI is InChI=1S/C22H22N2O5/c25-21(16-1-2-19-20(11-16)28-10-9-27-19)15-3-6-24(7-4-15)12-18-14-29-22(23-18)17-5-8-26-13-17/h1-2,5,8,11,13-15H,3-4,6-7,9-10,12H2. The van der Waals surface area contributed by atoms with Crippen LogP contribution in [0.3, 0.4) is 0 Å². The molecule has 0 amide bonds. The van der Waals surface area contributed by atoms with E-state index in [1.807, 2.05) is 24.3 Å². The maximum Gasteiger partial charge on any atom is 0.229 e. The van der Waals surface area contributed by atoms with Crippen LogP contribution in [0.4, 0.5) is 0 Å². The lowest BCUT2D eigenvalue weighted by Crippen LogP contribution is -2.36. The molecule has 0 atom stereocenters. The van der Waals surface area contributed by atoms with Crippen molar-refractivity contribution in [3.05, 3.63) is 54.3 Å². The molecule has 0 unspecified atom stereocenters. The molecule has 0 spiro atoms. The number of hydrogen-bond acceptors (Lipinski definition) is 7. The molecule has 2 aliphatic rings. The number of carbonyl (C=O) groups excluding carboxylic acids is 1. The lowest BCUT2D eigenvalue weighted by Gasteiger charge is -2.30. The van der Waals surface area contributed by atoms with Gasteiger partial charge >= 0.3 is 0 Å². The Morgan fingerprint density at radius 2 is 1.90 bits per heavy atom. The van der Waals surface area contributed by atoms with Gasteiger partial charge in [-0.3, -0.25) is 9.69 Å². The van der Waals surface area contributed by atoms with E-state index in [1.165, 1.54) is 0 Å². The smallest absolute Gasteiger partial charge is 0.229 e. The number of oxazole rings is 1. The Morgan fingerprint density at radius 3 is 2.69 bits per heavy atom. The normalized spacial score (nSPS) is 17.4. The largest absolute Gasteiger partial charge is 0.486 e. The van der Waals surface area contributed by atoms with E-state index in [0.717, 1.165) is 37.2 Å². The second-order valence-electron chi connectivity index (χ2n) is 7.43. The van der Waals surface area contributed by atoms with Crippen LogP contribution in [0.5, 0.6) is 11.5 Å². The zero-order valence-corrected chi connectivity index (χ0v) is 16.0. The summed E-state index contributed by atoms with van der Waals surface area (Å²) in [5.41, 5.74) is 2.42. The zero-order valence-electron chi connectivity index (χ0n) is 16.0. The van der Waals surface area contributed by atoms with Crippen molar-refractivity contribution >= 4 is 5.78 Å². The van der Waals surface area contributed by atoms with Crippen molar-refractivity contribution in [1.29, 1.82) is 0 Å². The lowest BCUT2D eigenvalue weighted by atomic mass is 9.88. The molecule has 2 aliphatic heterocycles. The number of ketones is 1. The Balaban J connectivity index is 1.18. The molecule has 7 nitrogen and oxygen atoms in total. The summed E-state index contributed by atoms with van der Waals surface area (Å²) in [6.45, 7) is 3.50. The van der Waals surface area contributed by atoms with Crippen LogP contribution in [-0.2, 0) is 6.54 Å². The molecule has 150 valence electrons. The second-order valence-corrected chi connectivity index (χ2v) is 7.43. The molecule has 0 N–H and O–H groups in total. The number of Topliss-reactive ketones (excluding diaryl/α,β-unsaturated/α-hetero) is 1. The minimum absolute atomic E-state index is 0.0348. The quantitative estimate of drug-likeness (QED) is 0.609. The first-order valence-electron chi connectivity index (χ1n) is 9.89. The number of rotatable bonds is 5. The molecule has 1 fully saturated rings. The average Bonchev–Trinajstić information content (AvgIpc) is 3.45. The predicted molar refractivity (Wildman–Crippen MR) is 104 cm³/mol. The first-order valence-corrected chi connectivity index (χ1v) is 9.89. The Kier molecular flexibility index (Phi) is 4.81. The number of hydrogen-bond donors (Lipinski definition) is 0. The summed E-state index contributed by atoms with van der Waals surface area (Å²) < 4.78 is 21.8. The molecule has 5 rings (SSSR count). The van der Waals surface area contributed by atoms with E-state index in [1.54, 1.807) is 18.8 Å². The van der Waals surface area contributed by atoms with Crippen molar-refractivity contribution in [3.8, 4) is 23.0 Å². The highest BCUT2D eigenvalue weighted by molar-refractivity contribution is 5.98. The molecule has 3 aromatic rings. The minimum Gasteiger partial charge on any atom is -0.486 e. The van der Waals surface area contributed by atoms with Crippen LogP contribution in [0.1, 0.15) is 28.9 Å². The molecule has 4 heterocycles. The van der Waals surface area contributed by atoms with Gasteiger partial charge in [0, 0.05) is 18.0 Å². The number of piperidine rings is 1. The molecular weight excluding hydrogens is 372 g/mol. The molecule has 0 radical (unpaired) electrons. The molecule has 29 heavy (non-hydrogen) atoms. The summed E-state index contributed by atoms with van der Waals surface area (Å²) in [4.78, 5) is 19.8. The highest BCUT2D eigenvalue weighted by Gasteiger charge is 2.27. The minimum atomic E-state index is 0.0348. The van der Waals surface area contributed by atoms with Gasteiger partial charge < -0.3 is 18.3 Å². The SMILES string of the molecule is O=C(c1ccc2c(c1)OCCO2)C1CCN(Cc2coc(-c3ccoc3)n2)CC1. The van der Waals surface area contributed by atoms with Crippen molar-refractivity contribution in [2.24, 2.45) is 5.92 Å². The third-order valence-corrected chi connectivity index (χ3v) is 5.49. The number of likely N-dealkylation sites (tertiary alicyclic amines) is 1. The van der Waals surface area contributed by atoms with E-state index < -0.39 is 0 Å². The van der Waals surface area contributed by atoms with E-state index in [4.69, 9.17) is 18.3 Å². The number of furan rings is 1. The van der Waals surface area contributed by atoms with Gasteiger partial charge in [0.05, 0.1) is 17.5 Å². The van der Waals surface area contributed by atoms with Crippen LogP contribution >= 0.6 is 0 Å².